The highest BCUT2D eigenvalue weighted by Gasteiger charge is 2.25. The Morgan fingerprint density at radius 2 is 2.06 bits per heavy atom. The van der Waals surface area contributed by atoms with Crippen molar-refractivity contribution in [1.29, 1.82) is 0 Å². The molecule has 0 radical (unpaired) electrons. The van der Waals surface area contributed by atoms with Crippen LogP contribution in [0, 0.1) is 0 Å². The highest BCUT2D eigenvalue weighted by molar-refractivity contribution is 7.91. The minimum atomic E-state index is -3.07. The zero-order valence-corrected chi connectivity index (χ0v) is 9.83. The summed E-state index contributed by atoms with van der Waals surface area (Å²) in [7, 11) is -3.07. The molecule has 0 amide bonds. The summed E-state index contributed by atoms with van der Waals surface area (Å²) in [6.07, 6.45) is 3.44. The molecule has 4 heteroatoms. The van der Waals surface area contributed by atoms with Crippen molar-refractivity contribution in [3.8, 4) is 0 Å². The molecule has 1 aromatic rings. The predicted molar refractivity (Wildman–Crippen MR) is 64.8 cm³/mol. The zero-order valence-electron chi connectivity index (χ0n) is 9.02. The monoisotopic (exact) mass is 237 g/mol. The smallest absolute Gasteiger partial charge is 0.179 e. The molecule has 86 valence electrons. The quantitative estimate of drug-likeness (QED) is 0.849. The van der Waals surface area contributed by atoms with Crippen molar-refractivity contribution in [1.82, 2.24) is 0 Å². The molecule has 0 saturated heterocycles. The van der Waals surface area contributed by atoms with Gasteiger partial charge in [-0.05, 0) is 36.6 Å². The van der Waals surface area contributed by atoms with Crippen LogP contribution in [0.15, 0.2) is 35.2 Å². The minimum absolute atomic E-state index is 0.209. The maximum absolute atomic E-state index is 11.8. The number of nitrogens with two attached hydrogens (primary N) is 1. The van der Waals surface area contributed by atoms with Crippen LogP contribution in [0.25, 0.3) is 5.57 Å². The van der Waals surface area contributed by atoms with Crippen molar-refractivity contribution in [2.24, 2.45) is 5.73 Å². The van der Waals surface area contributed by atoms with Gasteiger partial charge in [0.2, 0.25) is 0 Å². The molecule has 0 saturated carbocycles. The van der Waals surface area contributed by atoms with Crippen molar-refractivity contribution < 1.29 is 8.42 Å². The first-order chi connectivity index (χ1) is 7.65. The first kappa shape index (κ1) is 11.4. The lowest BCUT2D eigenvalue weighted by molar-refractivity contribution is 0.594. The molecule has 1 aliphatic heterocycles. The lowest BCUT2D eigenvalue weighted by Gasteiger charge is -2.19. The molecular formula is C12H15NO2S. The fraction of sp³-hybridized carbons (Fsp3) is 0.333. The van der Waals surface area contributed by atoms with Gasteiger partial charge in [-0.15, -0.1) is 0 Å². The van der Waals surface area contributed by atoms with Crippen molar-refractivity contribution in [2.75, 3.05) is 12.3 Å². The second-order valence-corrected chi connectivity index (χ2v) is 5.95. The number of sulfone groups is 1. The van der Waals surface area contributed by atoms with E-state index < -0.39 is 9.84 Å². The van der Waals surface area contributed by atoms with Gasteiger partial charge >= 0.3 is 0 Å². The summed E-state index contributed by atoms with van der Waals surface area (Å²) >= 11 is 0. The van der Waals surface area contributed by atoms with Gasteiger partial charge in [0.05, 0.1) is 10.6 Å². The summed E-state index contributed by atoms with van der Waals surface area (Å²) in [5.74, 6) is 0.209. The SMILES string of the molecule is NCC/C=C1/CCS(=O)(=O)c2ccccc21. The maximum atomic E-state index is 11.8. The standard InChI is InChI=1S/C12H15NO2S/c13-8-3-4-10-7-9-16(14,15)12-6-2-1-5-11(10)12/h1-2,4-6H,3,7-9,13H2/b10-4-. The van der Waals surface area contributed by atoms with Crippen LogP contribution in [-0.2, 0) is 9.84 Å². The summed E-state index contributed by atoms with van der Waals surface area (Å²) < 4.78 is 23.7. The molecule has 1 aliphatic rings. The Hall–Kier alpha value is -1.13. The van der Waals surface area contributed by atoms with Gasteiger partial charge in [-0.3, -0.25) is 0 Å². The molecule has 16 heavy (non-hydrogen) atoms. The third-order valence-electron chi connectivity index (χ3n) is 2.77. The molecule has 0 fully saturated rings. The summed E-state index contributed by atoms with van der Waals surface area (Å²) in [5.41, 5.74) is 7.41. The second kappa shape index (κ2) is 4.39. The van der Waals surface area contributed by atoms with Crippen LogP contribution in [-0.4, -0.2) is 20.7 Å². The molecule has 0 unspecified atom stereocenters. The lowest BCUT2D eigenvalue weighted by atomic mass is 10.0. The zero-order chi connectivity index (χ0) is 11.6. The number of allylic oxidation sites excluding steroid dienone is 1. The predicted octanol–water partition coefficient (Wildman–Crippen LogP) is 1.60. The van der Waals surface area contributed by atoms with E-state index in [-0.39, 0.29) is 5.75 Å². The lowest BCUT2D eigenvalue weighted by Crippen LogP contribution is -2.15. The first-order valence-corrected chi connectivity index (χ1v) is 7.01. The van der Waals surface area contributed by atoms with Crippen LogP contribution in [0.1, 0.15) is 18.4 Å². The molecule has 0 aliphatic carbocycles. The molecule has 2 N–H and O–H groups in total. The molecule has 0 spiro atoms. The third-order valence-corrected chi connectivity index (χ3v) is 4.53. The fourth-order valence-corrected chi connectivity index (χ4v) is 3.49. The maximum Gasteiger partial charge on any atom is 0.179 e. The minimum Gasteiger partial charge on any atom is -0.330 e. The first-order valence-electron chi connectivity index (χ1n) is 5.36. The van der Waals surface area contributed by atoms with Crippen LogP contribution in [0.3, 0.4) is 0 Å². The Bertz CT molecular complexity index is 518. The number of rotatable bonds is 2. The van der Waals surface area contributed by atoms with E-state index in [1.807, 2.05) is 18.2 Å². The number of fused-ring (bicyclic) bond motifs is 1. The normalized spacial score (nSPS) is 20.7. The van der Waals surface area contributed by atoms with E-state index in [1.54, 1.807) is 12.1 Å². The summed E-state index contributed by atoms with van der Waals surface area (Å²) in [5, 5.41) is 0. The van der Waals surface area contributed by atoms with E-state index in [4.69, 9.17) is 5.73 Å². The van der Waals surface area contributed by atoms with Crippen molar-refractivity contribution >= 4 is 15.4 Å². The number of hydrogen-bond acceptors (Lipinski definition) is 3. The molecule has 1 heterocycles. The van der Waals surface area contributed by atoms with Gasteiger partial charge in [0, 0.05) is 0 Å². The molecule has 3 nitrogen and oxygen atoms in total. The van der Waals surface area contributed by atoms with Crippen LogP contribution < -0.4 is 5.73 Å². The van der Waals surface area contributed by atoms with E-state index in [9.17, 15) is 8.42 Å². The molecule has 0 atom stereocenters. The van der Waals surface area contributed by atoms with E-state index in [2.05, 4.69) is 0 Å². The van der Waals surface area contributed by atoms with E-state index in [1.165, 1.54) is 0 Å². The van der Waals surface area contributed by atoms with Gasteiger partial charge < -0.3 is 5.73 Å². The Morgan fingerprint density at radius 3 is 2.81 bits per heavy atom. The van der Waals surface area contributed by atoms with Gasteiger partial charge in [0.15, 0.2) is 9.84 Å². The largest absolute Gasteiger partial charge is 0.330 e. The van der Waals surface area contributed by atoms with Crippen LogP contribution in [0.2, 0.25) is 0 Å². The molecule has 1 aromatic carbocycles. The molecule has 0 bridgehead atoms. The number of hydrogen-bond donors (Lipinski definition) is 1. The van der Waals surface area contributed by atoms with Crippen molar-refractivity contribution in [3.05, 3.63) is 35.9 Å². The molecule has 2 rings (SSSR count). The Kier molecular flexibility index (Phi) is 3.12. The van der Waals surface area contributed by atoms with Crippen LogP contribution >= 0.6 is 0 Å². The van der Waals surface area contributed by atoms with Crippen LogP contribution in [0.4, 0.5) is 0 Å². The van der Waals surface area contributed by atoms with Gasteiger partial charge in [-0.25, -0.2) is 8.42 Å². The van der Waals surface area contributed by atoms with Crippen molar-refractivity contribution in [2.45, 2.75) is 17.7 Å². The van der Waals surface area contributed by atoms with Gasteiger partial charge in [-0.2, -0.15) is 0 Å². The van der Waals surface area contributed by atoms with Crippen molar-refractivity contribution in [3.63, 3.8) is 0 Å². The average molecular weight is 237 g/mol. The Morgan fingerprint density at radius 1 is 1.31 bits per heavy atom. The molecule has 0 aromatic heterocycles. The summed E-state index contributed by atoms with van der Waals surface area (Å²) in [6.45, 7) is 0.596. The van der Waals surface area contributed by atoms with Gasteiger partial charge in [0.25, 0.3) is 0 Å². The molecular weight excluding hydrogens is 222 g/mol. The topological polar surface area (TPSA) is 60.2 Å². The van der Waals surface area contributed by atoms with E-state index in [0.717, 1.165) is 17.6 Å². The highest BCUT2D eigenvalue weighted by atomic mass is 32.2. The second-order valence-electron chi connectivity index (χ2n) is 3.87. The summed E-state index contributed by atoms with van der Waals surface area (Å²) in [4.78, 5) is 0.463. The Labute approximate surface area is 95.9 Å². The average Bonchev–Trinajstić information content (AvgIpc) is 2.29. The number of benzene rings is 1. The van der Waals surface area contributed by atoms with Gasteiger partial charge in [-0.1, -0.05) is 24.3 Å². The van der Waals surface area contributed by atoms with Crippen LogP contribution in [0.5, 0.6) is 0 Å². The summed E-state index contributed by atoms with van der Waals surface area (Å²) in [6, 6.07) is 7.19. The van der Waals surface area contributed by atoms with E-state index >= 15 is 0 Å². The third kappa shape index (κ3) is 2.03. The fourth-order valence-electron chi connectivity index (χ4n) is 1.96. The Balaban J connectivity index is 2.52. The van der Waals surface area contributed by atoms with Gasteiger partial charge in [0.1, 0.15) is 0 Å². The van der Waals surface area contributed by atoms with E-state index in [0.29, 0.717) is 17.9 Å². The highest BCUT2D eigenvalue weighted by Crippen LogP contribution is 2.32.